The molecule has 0 aromatic rings. The fourth-order valence-corrected chi connectivity index (χ4v) is 1.96. The molecule has 0 spiro atoms. The number of hydrogen-bond donors (Lipinski definition) is 1. The van der Waals surface area contributed by atoms with Crippen LogP contribution in [0.3, 0.4) is 0 Å². The Bertz CT molecular complexity index is 202. The maximum Gasteiger partial charge on any atom is 0.307 e. The normalized spacial score (nSPS) is 13.6. The maximum absolute atomic E-state index is 11.4. The van der Waals surface area contributed by atoms with E-state index in [1.165, 1.54) is 0 Å². The Morgan fingerprint density at radius 3 is 2.56 bits per heavy atom. The molecule has 96 valence electrons. The molecular formula is C12H25NO2S. The number of hydrogen-bond acceptors (Lipinski definition) is 4. The third kappa shape index (κ3) is 10.3. The summed E-state index contributed by atoms with van der Waals surface area (Å²) >= 11 is 1.85. The minimum Gasteiger partial charge on any atom is -0.460 e. The second-order valence-electron chi connectivity index (χ2n) is 5.10. The van der Waals surface area contributed by atoms with Crippen LogP contribution in [0.5, 0.6) is 0 Å². The van der Waals surface area contributed by atoms with Crippen LogP contribution in [0.2, 0.25) is 0 Å². The molecule has 0 radical (unpaired) electrons. The van der Waals surface area contributed by atoms with Gasteiger partial charge in [0.2, 0.25) is 0 Å². The van der Waals surface area contributed by atoms with Crippen LogP contribution in [0.1, 0.15) is 34.1 Å². The summed E-state index contributed by atoms with van der Waals surface area (Å²) < 4.78 is 5.21. The number of carbonyl (C=O) groups is 1. The van der Waals surface area contributed by atoms with Gasteiger partial charge in [-0.1, -0.05) is 6.92 Å². The highest BCUT2D eigenvalue weighted by molar-refractivity contribution is 7.98. The number of rotatable bonds is 7. The molecule has 0 aliphatic carbocycles. The highest BCUT2D eigenvalue weighted by atomic mass is 32.2. The van der Waals surface area contributed by atoms with Crippen LogP contribution < -0.4 is 5.32 Å². The summed E-state index contributed by atoms with van der Waals surface area (Å²) in [5, 5.41) is 3.27. The lowest BCUT2D eigenvalue weighted by Gasteiger charge is -2.19. The Labute approximate surface area is 104 Å². The molecule has 0 aromatic carbocycles. The minimum atomic E-state index is -0.372. The first-order valence-electron chi connectivity index (χ1n) is 5.76. The predicted molar refractivity (Wildman–Crippen MR) is 70.9 cm³/mol. The minimum absolute atomic E-state index is 0.127. The van der Waals surface area contributed by atoms with Crippen LogP contribution in [0.25, 0.3) is 0 Å². The largest absolute Gasteiger partial charge is 0.460 e. The Balaban J connectivity index is 3.48. The molecule has 0 aliphatic rings. The van der Waals surface area contributed by atoms with Gasteiger partial charge in [0.1, 0.15) is 5.60 Å². The lowest BCUT2D eigenvalue weighted by Crippen LogP contribution is -2.28. The first kappa shape index (κ1) is 15.8. The van der Waals surface area contributed by atoms with Gasteiger partial charge in [-0.2, -0.15) is 11.8 Å². The molecule has 1 N–H and O–H groups in total. The molecule has 0 saturated carbocycles. The van der Waals surface area contributed by atoms with E-state index in [4.69, 9.17) is 4.74 Å². The van der Waals surface area contributed by atoms with Crippen molar-refractivity contribution in [3.8, 4) is 0 Å². The Morgan fingerprint density at radius 1 is 1.44 bits per heavy atom. The quantitative estimate of drug-likeness (QED) is 0.553. The van der Waals surface area contributed by atoms with Crippen molar-refractivity contribution in [2.24, 2.45) is 5.92 Å². The monoisotopic (exact) mass is 247 g/mol. The summed E-state index contributed by atoms with van der Waals surface area (Å²) in [7, 11) is 0. The van der Waals surface area contributed by atoms with Gasteiger partial charge in [0, 0.05) is 6.54 Å². The molecule has 0 aliphatic heterocycles. The van der Waals surface area contributed by atoms with Crippen LogP contribution in [0.15, 0.2) is 0 Å². The molecule has 0 bridgehead atoms. The van der Waals surface area contributed by atoms with E-state index in [-0.39, 0.29) is 11.6 Å². The highest BCUT2D eigenvalue weighted by Gasteiger charge is 2.15. The number of thioether (sulfide) groups is 1. The standard InChI is InChI=1S/C12H25NO2S/c1-10(9-16-5)8-13-7-6-11(14)15-12(2,3)4/h10,13H,6-9H2,1-5H3. The fourth-order valence-electron chi connectivity index (χ4n) is 1.27. The van der Waals surface area contributed by atoms with Crippen molar-refractivity contribution in [3.05, 3.63) is 0 Å². The van der Waals surface area contributed by atoms with Crippen molar-refractivity contribution in [2.75, 3.05) is 25.1 Å². The summed E-state index contributed by atoms with van der Waals surface area (Å²) in [5.74, 6) is 1.67. The van der Waals surface area contributed by atoms with Crippen molar-refractivity contribution in [2.45, 2.75) is 39.7 Å². The second-order valence-corrected chi connectivity index (χ2v) is 6.01. The maximum atomic E-state index is 11.4. The van der Waals surface area contributed by atoms with Crippen LogP contribution in [0, 0.1) is 5.92 Å². The zero-order chi connectivity index (χ0) is 12.6. The molecule has 0 saturated heterocycles. The van der Waals surface area contributed by atoms with E-state index in [2.05, 4.69) is 18.5 Å². The molecule has 16 heavy (non-hydrogen) atoms. The van der Waals surface area contributed by atoms with Crippen molar-refractivity contribution in [3.63, 3.8) is 0 Å². The van der Waals surface area contributed by atoms with E-state index >= 15 is 0 Å². The lowest BCUT2D eigenvalue weighted by atomic mass is 10.2. The topological polar surface area (TPSA) is 38.3 Å². The van der Waals surface area contributed by atoms with Gasteiger partial charge in [0.25, 0.3) is 0 Å². The van der Waals surface area contributed by atoms with Gasteiger partial charge in [-0.05, 0) is 45.2 Å². The molecule has 0 rings (SSSR count). The average Bonchev–Trinajstić information content (AvgIpc) is 2.10. The molecule has 0 amide bonds. The summed E-state index contributed by atoms with van der Waals surface area (Å²) in [5.41, 5.74) is -0.372. The molecule has 1 unspecified atom stereocenters. The molecule has 0 fully saturated rings. The van der Waals surface area contributed by atoms with Gasteiger partial charge in [0.05, 0.1) is 6.42 Å². The molecule has 0 heterocycles. The number of nitrogens with one attached hydrogen (secondary N) is 1. The van der Waals surface area contributed by atoms with E-state index in [1.54, 1.807) is 0 Å². The van der Waals surface area contributed by atoms with E-state index < -0.39 is 0 Å². The van der Waals surface area contributed by atoms with Crippen molar-refractivity contribution in [1.29, 1.82) is 0 Å². The molecule has 3 nitrogen and oxygen atoms in total. The van der Waals surface area contributed by atoms with Crippen LogP contribution >= 0.6 is 11.8 Å². The van der Waals surface area contributed by atoms with Gasteiger partial charge in [0.15, 0.2) is 0 Å². The van der Waals surface area contributed by atoms with E-state index in [9.17, 15) is 4.79 Å². The van der Waals surface area contributed by atoms with Crippen molar-refractivity contribution < 1.29 is 9.53 Å². The SMILES string of the molecule is CSCC(C)CNCCC(=O)OC(C)(C)C. The Hall–Kier alpha value is -0.220. The fraction of sp³-hybridized carbons (Fsp3) is 0.917. The van der Waals surface area contributed by atoms with Gasteiger partial charge < -0.3 is 10.1 Å². The average molecular weight is 247 g/mol. The summed E-state index contributed by atoms with van der Waals surface area (Å²) in [4.78, 5) is 11.4. The van der Waals surface area contributed by atoms with Crippen LogP contribution in [-0.4, -0.2) is 36.7 Å². The predicted octanol–water partition coefficient (Wildman–Crippen LogP) is 2.31. The number of carbonyl (C=O) groups excluding carboxylic acids is 1. The van der Waals surface area contributed by atoms with Gasteiger partial charge in [-0.15, -0.1) is 0 Å². The summed E-state index contributed by atoms with van der Waals surface area (Å²) in [6.45, 7) is 9.53. The smallest absolute Gasteiger partial charge is 0.307 e. The first-order valence-corrected chi connectivity index (χ1v) is 7.16. The van der Waals surface area contributed by atoms with Gasteiger partial charge in [-0.25, -0.2) is 0 Å². The molecule has 0 aromatic heterocycles. The van der Waals surface area contributed by atoms with Crippen LogP contribution in [0.4, 0.5) is 0 Å². The number of esters is 1. The first-order chi connectivity index (χ1) is 7.35. The van der Waals surface area contributed by atoms with Crippen LogP contribution in [-0.2, 0) is 9.53 Å². The van der Waals surface area contributed by atoms with Gasteiger partial charge in [-0.3, -0.25) is 4.79 Å². The third-order valence-electron chi connectivity index (χ3n) is 1.87. The summed E-state index contributed by atoms with van der Waals surface area (Å²) in [6.07, 6.45) is 2.56. The van der Waals surface area contributed by atoms with E-state index in [1.807, 2.05) is 32.5 Å². The summed E-state index contributed by atoms with van der Waals surface area (Å²) in [6, 6.07) is 0. The zero-order valence-corrected chi connectivity index (χ0v) is 11.9. The highest BCUT2D eigenvalue weighted by Crippen LogP contribution is 2.07. The number of ether oxygens (including phenoxy) is 1. The Morgan fingerprint density at radius 2 is 2.06 bits per heavy atom. The van der Waals surface area contributed by atoms with Crippen molar-refractivity contribution >= 4 is 17.7 Å². The molecule has 4 heteroatoms. The van der Waals surface area contributed by atoms with Gasteiger partial charge >= 0.3 is 5.97 Å². The Kier molecular flexibility index (Phi) is 7.85. The molecular weight excluding hydrogens is 222 g/mol. The molecule has 1 atom stereocenters. The third-order valence-corrected chi connectivity index (χ3v) is 2.77. The second kappa shape index (κ2) is 7.96. The lowest BCUT2D eigenvalue weighted by molar-refractivity contribution is -0.154. The van der Waals surface area contributed by atoms with E-state index in [0.717, 1.165) is 12.3 Å². The van der Waals surface area contributed by atoms with Crippen molar-refractivity contribution in [1.82, 2.24) is 5.32 Å². The zero-order valence-electron chi connectivity index (χ0n) is 11.1. The van der Waals surface area contributed by atoms with E-state index in [0.29, 0.717) is 18.9 Å².